The number of aryl methyl sites for hydroxylation is 1. The van der Waals surface area contributed by atoms with E-state index in [1.165, 1.54) is 23.3 Å². The molecule has 1 N–H and O–H groups in total. The second kappa shape index (κ2) is 7.78. The molecule has 2 atom stereocenters. The standard InChI is InChI=1S/C21H21F3N8O/c1-13-2-3-15(32-26-8-9-27-32)18(28-13)19(33)31-11-14-6-7-20(31,10-14)12-25-17-5-4-16(29-30-17)21(22,23)24/h2-5,8-9,14H,6-7,10-12H2,1H3,(H,25,30). The number of alkyl halides is 3. The summed E-state index contributed by atoms with van der Waals surface area (Å²) < 4.78 is 38.3. The summed E-state index contributed by atoms with van der Waals surface area (Å²) in [6.45, 7) is 2.77. The van der Waals surface area contributed by atoms with Crippen LogP contribution in [0, 0.1) is 12.8 Å². The molecule has 33 heavy (non-hydrogen) atoms. The van der Waals surface area contributed by atoms with Gasteiger partial charge >= 0.3 is 6.18 Å². The van der Waals surface area contributed by atoms with E-state index in [1.54, 1.807) is 12.1 Å². The van der Waals surface area contributed by atoms with Crippen molar-refractivity contribution in [3.63, 3.8) is 0 Å². The van der Waals surface area contributed by atoms with Crippen molar-refractivity contribution in [2.45, 2.75) is 37.9 Å². The molecule has 2 fully saturated rings. The van der Waals surface area contributed by atoms with Crippen LogP contribution in [-0.4, -0.2) is 59.6 Å². The number of carbonyl (C=O) groups excluding carboxylic acids is 1. The Kier molecular flexibility index (Phi) is 5.02. The van der Waals surface area contributed by atoms with E-state index in [0.29, 0.717) is 30.4 Å². The number of nitrogens with zero attached hydrogens (tertiary/aromatic N) is 7. The fourth-order valence-electron chi connectivity index (χ4n) is 4.79. The molecular weight excluding hydrogens is 437 g/mol. The highest BCUT2D eigenvalue weighted by Crippen LogP contribution is 2.47. The minimum atomic E-state index is -4.54. The molecule has 1 amide bonds. The highest BCUT2D eigenvalue weighted by Gasteiger charge is 2.53. The summed E-state index contributed by atoms with van der Waals surface area (Å²) in [7, 11) is 0. The van der Waals surface area contributed by atoms with Crippen LogP contribution in [0.2, 0.25) is 0 Å². The van der Waals surface area contributed by atoms with Crippen LogP contribution in [-0.2, 0) is 6.18 Å². The van der Waals surface area contributed by atoms with Crippen molar-refractivity contribution in [2.75, 3.05) is 18.4 Å². The topological polar surface area (TPSA) is 102 Å². The number of halogens is 3. The molecule has 5 rings (SSSR count). The lowest BCUT2D eigenvalue weighted by Crippen LogP contribution is -2.52. The summed E-state index contributed by atoms with van der Waals surface area (Å²) >= 11 is 0. The molecule has 2 bridgehead atoms. The molecule has 0 radical (unpaired) electrons. The third-order valence-electron chi connectivity index (χ3n) is 6.35. The fraction of sp³-hybridized carbons (Fsp3) is 0.429. The molecule has 0 spiro atoms. The Hall–Kier alpha value is -3.57. The second-order valence-corrected chi connectivity index (χ2v) is 8.54. The van der Waals surface area contributed by atoms with E-state index >= 15 is 0 Å². The largest absolute Gasteiger partial charge is 0.435 e. The number of rotatable bonds is 5. The molecule has 0 aromatic carbocycles. The zero-order valence-electron chi connectivity index (χ0n) is 17.7. The Morgan fingerprint density at radius 1 is 1.18 bits per heavy atom. The third kappa shape index (κ3) is 3.89. The van der Waals surface area contributed by atoms with Crippen molar-refractivity contribution >= 4 is 11.7 Å². The summed E-state index contributed by atoms with van der Waals surface area (Å²) in [6, 6.07) is 5.71. The molecule has 3 aromatic heterocycles. The van der Waals surface area contributed by atoms with E-state index in [1.807, 2.05) is 11.8 Å². The third-order valence-corrected chi connectivity index (χ3v) is 6.35. The number of pyridine rings is 1. The predicted molar refractivity (Wildman–Crippen MR) is 111 cm³/mol. The van der Waals surface area contributed by atoms with E-state index in [-0.39, 0.29) is 17.4 Å². The number of fused-ring (bicyclic) bond motifs is 2. The van der Waals surface area contributed by atoms with Gasteiger partial charge in [-0.2, -0.15) is 23.4 Å². The predicted octanol–water partition coefficient (Wildman–Crippen LogP) is 2.89. The number of hydrogen-bond donors (Lipinski definition) is 1. The molecule has 172 valence electrons. The lowest BCUT2D eigenvalue weighted by atomic mass is 9.96. The van der Waals surface area contributed by atoms with E-state index < -0.39 is 17.4 Å². The number of nitrogens with one attached hydrogen (secondary N) is 1. The molecule has 3 aromatic rings. The molecule has 4 heterocycles. The van der Waals surface area contributed by atoms with E-state index in [4.69, 9.17) is 0 Å². The minimum absolute atomic E-state index is 0.214. The first-order chi connectivity index (χ1) is 15.7. The number of likely N-dealkylation sites (tertiary alicyclic amines) is 1. The van der Waals surface area contributed by atoms with Crippen LogP contribution in [0.3, 0.4) is 0 Å². The van der Waals surface area contributed by atoms with Crippen LogP contribution in [0.15, 0.2) is 36.7 Å². The maximum atomic E-state index is 13.7. The van der Waals surface area contributed by atoms with Crippen molar-refractivity contribution in [2.24, 2.45) is 5.92 Å². The maximum Gasteiger partial charge on any atom is 0.435 e. The zero-order valence-corrected chi connectivity index (χ0v) is 17.7. The molecule has 1 aliphatic heterocycles. The summed E-state index contributed by atoms with van der Waals surface area (Å²) in [6.07, 6.45) is 1.09. The number of hydrogen-bond acceptors (Lipinski definition) is 7. The average molecular weight is 458 g/mol. The monoisotopic (exact) mass is 458 g/mol. The molecule has 1 aliphatic carbocycles. The van der Waals surface area contributed by atoms with Crippen molar-refractivity contribution in [1.82, 2.24) is 35.1 Å². The Morgan fingerprint density at radius 2 is 1.97 bits per heavy atom. The summed E-state index contributed by atoms with van der Waals surface area (Å²) in [5.74, 6) is 0.384. The first-order valence-corrected chi connectivity index (χ1v) is 10.6. The lowest BCUT2D eigenvalue weighted by Gasteiger charge is -2.39. The van der Waals surface area contributed by atoms with Gasteiger partial charge in [-0.25, -0.2) is 4.98 Å². The Bertz CT molecular complexity index is 1170. The first kappa shape index (κ1) is 21.3. The normalized spacial score (nSPS) is 22.1. The van der Waals surface area contributed by atoms with Crippen molar-refractivity contribution < 1.29 is 18.0 Å². The van der Waals surface area contributed by atoms with Crippen molar-refractivity contribution in [1.29, 1.82) is 0 Å². The Morgan fingerprint density at radius 3 is 2.64 bits per heavy atom. The van der Waals surface area contributed by atoms with Gasteiger partial charge in [-0.15, -0.1) is 15.0 Å². The zero-order chi connectivity index (χ0) is 23.2. The van der Waals surface area contributed by atoms with Crippen LogP contribution in [0.5, 0.6) is 0 Å². The second-order valence-electron chi connectivity index (χ2n) is 8.54. The van der Waals surface area contributed by atoms with Crippen LogP contribution >= 0.6 is 0 Å². The van der Waals surface area contributed by atoms with Crippen LogP contribution in [0.1, 0.15) is 41.1 Å². The molecule has 1 saturated heterocycles. The van der Waals surface area contributed by atoms with Gasteiger partial charge in [0.2, 0.25) is 0 Å². The molecule has 9 nitrogen and oxygen atoms in total. The van der Waals surface area contributed by atoms with Crippen molar-refractivity contribution in [3.8, 4) is 5.69 Å². The number of amides is 1. The van der Waals surface area contributed by atoms with Gasteiger partial charge in [-0.1, -0.05) is 0 Å². The van der Waals surface area contributed by atoms with Gasteiger partial charge in [0.25, 0.3) is 5.91 Å². The molecular formula is C21H21F3N8O. The molecule has 2 unspecified atom stereocenters. The quantitative estimate of drug-likeness (QED) is 0.627. The molecule has 12 heteroatoms. The van der Waals surface area contributed by atoms with E-state index in [0.717, 1.165) is 25.3 Å². The maximum absolute atomic E-state index is 13.7. The van der Waals surface area contributed by atoms with Gasteiger partial charge in [0, 0.05) is 18.8 Å². The average Bonchev–Trinajstić information content (AvgIpc) is 3.54. The first-order valence-electron chi connectivity index (χ1n) is 10.6. The summed E-state index contributed by atoms with van der Waals surface area (Å²) in [5.41, 5.74) is -0.0599. The number of aromatic nitrogens is 6. The summed E-state index contributed by atoms with van der Waals surface area (Å²) in [4.78, 5) is 21.4. The van der Waals surface area contributed by atoms with Gasteiger partial charge in [-0.3, -0.25) is 4.79 Å². The smallest absolute Gasteiger partial charge is 0.366 e. The molecule has 1 saturated carbocycles. The lowest BCUT2D eigenvalue weighted by molar-refractivity contribution is -0.141. The number of piperidine rings is 1. The summed E-state index contributed by atoms with van der Waals surface area (Å²) in [5, 5.41) is 18.3. The van der Waals surface area contributed by atoms with Crippen molar-refractivity contribution in [3.05, 3.63) is 53.7 Å². The van der Waals surface area contributed by atoms with Gasteiger partial charge in [0.1, 0.15) is 11.5 Å². The van der Waals surface area contributed by atoms with E-state index in [9.17, 15) is 18.0 Å². The van der Waals surface area contributed by atoms with Gasteiger partial charge in [0.15, 0.2) is 11.4 Å². The molecule has 2 aliphatic rings. The Balaban J connectivity index is 1.39. The Labute approximate surface area is 187 Å². The fourth-order valence-corrected chi connectivity index (χ4v) is 4.79. The van der Waals surface area contributed by atoms with Gasteiger partial charge in [-0.05, 0) is 56.4 Å². The number of anilines is 1. The van der Waals surface area contributed by atoms with Crippen LogP contribution in [0.25, 0.3) is 5.69 Å². The van der Waals surface area contributed by atoms with Crippen LogP contribution in [0.4, 0.5) is 19.0 Å². The highest BCUT2D eigenvalue weighted by atomic mass is 19.4. The van der Waals surface area contributed by atoms with Gasteiger partial charge in [0.05, 0.1) is 17.9 Å². The highest BCUT2D eigenvalue weighted by molar-refractivity contribution is 5.96. The van der Waals surface area contributed by atoms with E-state index in [2.05, 4.69) is 30.7 Å². The SMILES string of the molecule is Cc1ccc(-n2nccn2)c(C(=O)N2CC3CCC2(CNc2ccc(C(F)(F)F)nn2)C3)n1. The minimum Gasteiger partial charge on any atom is -0.366 e. The number of carbonyl (C=O) groups is 1. The van der Waals surface area contributed by atoms with Crippen LogP contribution < -0.4 is 5.32 Å². The van der Waals surface area contributed by atoms with Gasteiger partial charge < -0.3 is 10.2 Å².